The van der Waals surface area contributed by atoms with Crippen molar-refractivity contribution >= 4 is 35.1 Å². The number of rotatable bonds is 6. The summed E-state index contributed by atoms with van der Waals surface area (Å²) in [5, 5.41) is 6.02. The monoisotopic (exact) mass is 458 g/mol. The predicted molar refractivity (Wildman–Crippen MR) is 123 cm³/mol. The molecule has 1 heterocycles. The molecule has 1 aliphatic heterocycles. The van der Waals surface area contributed by atoms with Gasteiger partial charge in [0.15, 0.2) is 0 Å². The number of nitrogens with zero attached hydrogens (tertiary/aromatic N) is 2. The molecule has 0 aliphatic carbocycles. The molecule has 0 aromatic heterocycles. The molecule has 2 aromatic carbocycles. The van der Waals surface area contributed by atoms with Gasteiger partial charge in [-0.05, 0) is 23.8 Å². The van der Waals surface area contributed by atoms with E-state index in [0.717, 1.165) is 5.56 Å². The molecule has 1 fully saturated rings. The molecular weight excluding hydrogens is 432 g/mol. The van der Waals surface area contributed by atoms with Gasteiger partial charge < -0.3 is 25.2 Å². The number of halogens is 1. The van der Waals surface area contributed by atoms with Crippen molar-refractivity contribution in [1.82, 2.24) is 15.1 Å². The fraction of sp³-hybridized carbons (Fsp3) is 0.348. The Labute approximate surface area is 192 Å². The highest BCUT2D eigenvalue weighted by Gasteiger charge is 2.30. The van der Waals surface area contributed by atoms with Crippen molar-refractivity contribution in [2.75, 3.05) is 38.6 Å². The van der Waals surface area contributed by atoms with E-state index < -0.39 is 6.04 Å². The topological polar surface area (TPSA) is 91.0 Å². The van der Waals surface area contributed by atoms with Crippen LogP contribution in [0.2, 0.25) is 5.02 Å². The highest BCUT2D eigenvalue weighted by atomic mass is 35.5. The fourth-order valence-electron chi connectivity index (χ4n) is 3.64. The molecule has 0 bridgehead atoms. The SMILES string of the molecule is COc1ccccc1C[C@@H](NC(C)=O)C(=O)N1CCN(C(=O)Nc2ccccc2Cl)CC1. The lowest BCUT2D eigenvalue weighted by Gasteiger charge is -2.36. The van der Waals surface area contributed by atoms with Crippen LogP contribution in [-0.4, -0.2) is 67.0 Å². The summed E-state index contributed by atoms with van der Waals surface area (Å²) in [7, 11) is 1.57. The number of urea groups is 1. The van der Waals surface area contributed by atoms with Crippen LogP contribution in [0.3, 0.4) is 0 Å². The van der Waals surface area contributed by atoms with Crippen LogP contribution in [-0.2, 0) is 16.0 Å². The van der Waals surface area contributed by atoms with Gasteiger partial charge in [-0.25, -0.2) is 4.79 Å². The molecule has 0 spiro atoms. The molecular formula is C23H27ClN4O4. The summed E-state index contributed by atoms with van der Waals surface area (Å²) >= 11 is 6.11. The molecule has 1 atom stereocenters. The van der Waals surface area contributed by atoms with Gasteiger partial charge in [0, 0.05) is 39.5 Å². The van der Waals surface area contributed by atoms with E-state index in [1.807, 2.05) is 24.3 Å². The molecule has 1 aliphatic rings. The average molecular weight is 459 g/mol. The standard InChI is InChI=1S/C23H27ClN4O4/c1-16(29)25-20(15-17-7-3-6-10-21(17)32-2)22(30)27-11-13-28(14-12-27)23(31)26-19-9-5-4-8-18(19)24/h3-10,20H,11-15H2,1-2H3,(H,25,29)(H,26,31)/t20-/m1/s1. The molecule has 8 nitrogen and oxygen atoms in total. The first-order valence-electron chi connectivity index (χ1n) is 10.4. The lowest BCUT2D eigenvalue weighted by atomic mass is 10.0. The van der Waals surface area contributed by atoms with Crippen LogP contribution < -0.4 is 15.4 Å². The number of anilines is 1. The van der Waals surface area contributed by atoms with Crippen molar-refractivity contribution in [3.8, 4) is 5.75 Å². The molecule has 2 aromatic rings. The van der Waals surface area contributed by atoms with Gasteiger partial charge >= 0.3 is 6.03 Å². The number of nitrogens with one attached hydrogen (secondary N) is 2. The van der Waals surface area contributed by atoms with Crippen molar-refractivity contribution in [1.29, 1.82) is 0 Å². The number of amides is 4. The van der Waals surface area contributed by atoms with Gasteiger partial charge in [-0.2, -0.15) is 0 Å². The van der Waals surface area contributed by atoms with Crippen molar-refractivity contribution in [3.05, 3.63) is 59.1 Å². The smallest absolute Gasteiger partial charge is 0.322 e. The quantitative estimate of drug-likeness (QED) is 0.696. The Morgan fingerprint density at radius 3 is 2.28 bits per heavy atom. The zero-order chi connectivity index (χ0) is 23.1. The second-order valence-electron chi connectivity index (χ2n) is 7.49. The van der Waals surface area contributed by atoms with Gasteiger partial charge in [-0.15, -0.1) is 0 Å². The van der Waals surface area contributed by atoms with E-state index >= 15 is 0 Å². The van der Waals surface area contributed by atoms with Crippen molar-refractivity contribution in [2.24, 2.45) is 0 Å². The Bertz CT molecular complexity index is 976. The zero-order valence-corrected chi connectivity index (χ0v) is 18.9. The normalized spacial score (nSPS) is 14.5. The van der Waals surface area contributed by atoms with Gasteiger partial charge in [-0.1, -0.05) is 41.9 Å². The van der Waals surface area contributed by atoms with Crippen molar-refractivity contribution in [3.63, 3.8) is 0 Å². The molecule has 9 heteroatoms. The van der Waals surface area contributed by atoms with Crippen molar-refractivity contribution < 1.29 is 19.1 Å². The number of ether oxygens (including phenoxy) is 1. The number of carbonyl (C=O) groups excluding carboxylic acids is 3. The predicted octanol–water partition coefficient (Wildman–Crippen LogP) is 2.77. The van der Waals surface area contributed by atoms with E-state index in [0.29, 0.717) is 49.1 Å². The number of hydrogen-bond donors (Lipinski definition) is 2. The van der Waals surface area contributed by atoms with Gasteiger partial charge in [-0.3, -0.25) is 9.59 Å². The fourth-order valence-corrected chi connectivity index (χ4v) is 3.83. The third kappa shape index (κ3) is 5.91. The zero-order valence-electron chi connectivity index (χ0n) is 18.1. The highest BCUT2D eigenvalue weighted by Crippen LogP contribution is 2.22. The summed E-state index contributed by atoms with van der Waals surface area (Å²) in [5.41, 5.74) is 1.38. The Morgan fingerprint density at radius 2 is 1.62 bits per heavy atom. The van der Waals surface area contributed by atoms with E-state index in [-0.39, 0.29) is 17.8 Å². The van der Waals surface area contributed by atoms with Gasteiger partial charge in [0.05, 0.1) is 17.8 Å². The lowest BCUT2D eigenvalue weighted by Crippen LogP contribution is -2.56. The third-order valence-corrected chi connectivity index (χ3v) is 5.62. The summed E-state index contributed by atoms with van der Waals surface area (Å²) < 4.78 is 5.38. The maximum Gasteiger partial charge on any atom is 0.322 e. The Morgan fingerprint density at radius 1 is 1.00 bits per heavy atom. The van der Waals surface area contributed by atoms with Crippen LogP contribution in [0.5, 0.6) is 5.75 Å². The third-order valence-electron chi connectivity index (χ3n) is 5.29. The summed E-state index contributed by atoms with van der Waals surface area (Å²) in [6, 6.07) is 13.5. The first kappa shape index (κ1) is 23.4. The number of benzene rings is 2. The van der Waals surface area contributed by atoms with Crippen LogP contribution in [0.25, 0.3) is 0 Å². The summed E-state index contributed by atoms with van der Waals surface area (Å²) in [6.45, 7) is 2.89. The molecule has 4 amide bonds. The number of para-hydroxylation sites is 2. The number of carbonyl (C=O) groups is 3. The Balaban J connectivity index is 1.61. The maximum absolute atomic E-state index is 13.2. The summed E-state index contributed by atoms with van der Waals surface area (Å²) in [5.74, 6) is 0.199. The van der Waals surface area contributed by atoms with Crippen LogP contribution in [0.4, 0.5) is 10.5 Å². The molecule has 0 unspecified atom stereocenters. The molecule has 32 heavy (non-hydrogen) atoms. The summed E-state index contributed by atoms with van der Waals surface area (Å²) in [6.07, 6.45) is 0.315. The van der Waals surface area contributed by atoms with Crippen LogP contribution >= 0.6 is 11.6 Å². The average Bonchev–Trinajstić information content (AvgIpc) is 2.79. The number of methoxy groups -OCH3 is 1. The molecule has 3 rings (SSSR count). The minimum atomic E-state index is -0.715. The summed E-state index contributed by atoms with van der Waals surface area (Å²) in [4.78, 5) is 40.8. The number of piperazine rings is 1. The van der Waals surface area contributed by atoms with Gasteiger partial charge in [0.25, 0.3) is 0 Å². The van der Waals surface area contributed by atoms with Crippen molar-refractivity contribution in [2.45, 2.75) is 19.4 Å². The van der Waals surface area contributed by atoms with Gasteiger partial charge in [0.1, 0.15) is 11.8 Å². The van der Waals surface area contributed by atoms with Crippen LogP contribution in [0.15, 0.2) is 48.5 Å². The second kappa shape index (κ2) is 10.9. The highest BCUT2D eigenvalue weighted by molar-refractivity contribution is 6.33. The van der Waals surface area contributed by atoms with E-state index in [9.17, 15) is 14.4 Å². The first-order valence-corrected chi connectivity index (χ1v) is 10.7. The second-order valence-corrected chi connectivity index (χ2v) is 7.90. The lowest BCUT2D eigenvalue weighted by molar-refractivity contribution is -0.137. The minimum absolute atomic E-state index is 0.183. The minimum Gasteiger partial charge on any atom is -0.496 e. The molecule has 2 N–H and O–H groups in total. The van der Waals surface area contributed by atoms with Crippen LogP contribution in [0.1, 0.15) is 12.5 Å². The molecule has 170 valence electrons. The first-order chi connectivity index (χ1) is 15.4. The van der Waals surface area contributed by atoms with Gasteiger partial charge in [0.2, 0.25) is 11.8 Å². The van der Waals surface area contributed by atoms with E-state index in [1.54, 1.807) is 41.2 Å². The molecule has 1 saturated heterocycles. The van der Waals surface area contributed by atoms with Crippen LogP contribution in [0, 0.1) is 0 Å². The maximum atomic E-state index is 13.2. The Kier molecular flexibility index (Phi) is 7.94. The number of hydrogen-bond acceptors (Lipinski definition) is 4. The molecule has 0 saturated carbocycles. The van der Waals surface area contributed by atoms with E-state index in [2.05, 4.69) is 10.6 Å². The Hall–Kier alpha value is -3.26. The largest absolute Gasteiger partial charge is 0.496 e. The molecule has 0 radical (unpaired) electrons. The van der Waals surface area contributed by atoms with E-state index in [4.69, 9.17) is 16.3 Å². The van der Waals surface area contributed by atoms with E-state index in [1.165, 1.54) is 6.92 Å².